The van der Waals surface area contributed by atoms with Gasteiger partial charge in [0.15, 0.2) is 5.75 Å². The lowest BCUT2D eigenvalue weighted by molar-refractivity contribution is -0.131. The minimum absolute atomic E-state index is 0.265. The van der Waals surface area contributed by atoms with E-state index in [0.29, 0.717) is 5.75 Å². The van der Waals surface area contributed by atoms with Crippen LogP contribution in [0.1, 0.15) is 83.6 Å². The SMILES string of the molecule is CCCCCCCCCCCCc1cccc(OC(C)=O)c1N(C)C. The zero-order chi connectivity index (χ0) is 18.5. The van der Waals surface area contributed by atoms with Crippen molar-refractivity contribution in [1.29, 1.82) is 0 Å². The van der Waals surface area contributed by atoms with Crippen molar-refractivity contribution in [2.24, 2.45) is 0 Å². The van der Waals surface area contributed by atoms with E-state index in [1.54, 1.807) is 0 Å². The van der Waals surface area contributed by atoms with Crippen molar-refractivity contribution in [2.45, 2.75) is 84.5 Å². The van der Waals surface area contributed by atoms with Crippen molar-refractivity contribution in [3.05, 3.63) is 23.8 Å². The second-order valence-electron chi connectivity index (χ2n) is 7.18. The molecule has 25 heavy (non-hydrogen) atoms. The fourth-order valence-corrected chi connectivity index (χ4v) is 3.32. The van der Waals surface area contributed by atoms with E-state index in [0.717, 1.165) is 12.1 Å². The van der Waals surface area contributed by atoms with Gasteiger partial charge in [-0.3, -0.25) is 4.79 Å². The Morgan fingerprint density at radius 3 is 2.00 bits per heavy atom. The van der Waals surface area contributed by atoms with Gasteiger partial charge in [-0.15, -0.1) is 0 Å². The molecule has 142 valence electrons. The van der Waals surface area contributed by atoms with Gasteiger partial charge in [0.25, 0.3) is 0 Å². The Balaban J connectivity index is 2.33. The molecule has 0 aliphatic heterocycles. The number of hydrogen-bond acceptors (Lipinski definition) is 3. The maximum Gasteiger partial charge on any atom is 0.308 e. The Morgan fingerprint density at radius 1 is 0.920 bits per heavy atom. The summed E-state index contributed by atoms with van der Waals surface area (Å²) in [7, 11) is 4.01. The van der Waals surface area contributed by atoms with E-state index >= 15 is 0 Å². The molecule has 0 aliphatic carbocycles. The monoisotopic (exact) mass is 347 g/mol. The van der Waals surface area contributed by atoms with Gasteiger partial charge in [0.2, 0.25) is 0 Å². The van der Waals surface area contributed by atoms with Gasteiger partial charge in [-0.25, -0.2) is 0 Å². The molecule has 0 atom stereocenters. The predicted octanol–water partition coefficient (Wildman–Crippen LogP) is 6.14. The van der Waals surface area contributed by atoms with Gasteiger partial charge < -0.3 is 9.64 Å². The molecule has 0 spiro atoms. The first-order valence-electron chi connectivity index (χ1n) is 10.0. The fourth-order valence-electron chi connectivity index (χ4n) is 3.32. The number of hydrogen-bond donors (Lipinski definition) is 0. The molecular weight excluding hydrogens is 310 g/mol. The molecule has 3 nitrogen and oxygen atoms in total. The van der Waals surface area contributed by atoms with Crippen LogP contribution in [0.3, 0.4) is 0 Å². The van der Waals surface area contributed by atoms with Gasteiger partial charge in [0.1, 0.15) is 0 Å². The summed E-state index contributed by atoms with van der Waals surface area (Å²) in [6.45, 7) is 3.72. The number of carbonyl (C=O) groups is 1. The van der Waals surface area contributed by atoms with Gasteiger partial charge in [-0.2, -0.15) is 0 Å². The number of carbonyl (C=O) groups excluding carboxylic acids is 1. The first-order chi connectivity index (χ1) is 12.1. The van der Waals surface area contributed by atoms with E-state index in [-0.39, 0.29) is 5.97 Å². The van der Waals surface area contributed by atoms with Crippen LogP contribution in [0.4, 0.5) is 5.69 Å². The van der Waals surface area contributed by atoms with Crippen molar-refractivity contribution in [3.8, 4) is 5.75 Å². The molecule has 1 aromatic carbocycles. The number of aryl methyl sites for hydroxylation is 1. The van der Waals surface area contributed by atoms with Crippen LogP contribution in [0.5, 0.6) is 5.75 Å². The third kappa shape index (κ3) is 8.94. The van der Waals surface area contributed by atoms with Crippen LogP contribution < -0.4 is 9.64 Å². The molecule has 0 radical (unpaired) electrons. The molecule has 1 rings (SSSR count). The second kappa shape index (κ2) is 12.8. The van der Waals surface area contributed by atoms with E-state index in [9.17, 15) is 4.79 Å². The summed E-state index contributed by atoms with van der Waals surface area (Å²) in [5.41, 5.74) is 2.30. The molecule has 0 amide bonds. The largest absolute Gasteiger partial charge is 0.424 e. The van der Waals surface area contributed by atoms with Crippen LogP contribution in [0.15, 0.2) is 18.2 Å². The maximum atomic E-state index is 11.3. The Morgan fingerprint density at radius 2 is 1.48 bits per heavy atom. The normalized spacial score (nSPS) is 10.7. The fraction of sp³-hybridized carbons (Fsp3) is 0.682. The summed E-state index contributed by atoms with van der Waals surface area (Å²) in [5.74, 6) is 0.404. The number of nitrogens with zero attached hydrogens (tertiary/aromatic N) is 1. The average Bonchev–Trinajstić information content (AvgIpc) is 2.56. The first-order valence-corrected chi connectivity index (χ1v) is 10.0. The molecule has 0 unspecified atom stereocenters. The van der Waals surface area contributed by atoms with Gasteiger partial charge in [-0.1, -0.05) is 76.8 Å². The second-order valence-corrected chi connectivity index (χ2v) is 7.18. The highest BCUT2D eigenvalue weighted by atomic mass is 16.5. The highest BCUT2D eigenvalue weighted by Gasteiger charge is 2.13. The minimum Gasteiger partial charge on any atom is -0.424 e. The lowest BCUT2D eigenvalue weighted by Gasteiger charge is -2.20. The molecular formula is C22H37NO2. The molecule has 0 fully saturated rings. The molecule has 0 saturated carbocycles. The van der Waals surface area contributed by atoms with E-state index in [1.807, 2.05) is 31.1 Å². The Hall–Kier alpha value is -1.51. The molecule has 0 aliphatic rings. The number of benzene rings is 1. The van der Waals surface area contributed by atoms with Gasteiger partial charge in [0.05, 0.1) is 5.69 Å². The number of anilines is 1. The number of rotatable bonds is 13. The third-order valence-corrected chi connectivity index (χ3v) is 4.58. The lowest BCUT2D eigenvalue weighted by atomic mass is 10.0. The van der Waals surface area contributed by atoms with Crippen LogP contribution in [-0.2, 0) is 11.2 Å². The predicted molar refractivity (Wildman–Crippen MR) is 108 cm³/mol. The average molecular weight is 348 g/mol. The molecule has 0 aromatic heterocycles. The van der Waals surface area contributed by atoms with Crippen molar-refractivity contribution in [1.82, 2.24) is 0 Å². The summed E-state index contributed by atoms with van der Waals surface area (Å²) in [5, 5.41) is 0. The Bertz CT molecular complexity index is 497. The van der Waals surface area contributed by atoms with Crippen molar-refractivity contribution >= 4 is 11.7 Å². The van der Waals surface area contributed by atoms with Crippen LogP contribution >= 0.6 is 0 Å². The van der Waals surface area contributed by atoms with E-state index in [4.69, 9.17) is 4.74 Å². The Labute approximate surface area is 154 Å². The lowest BCUT2D eigenvalue weighted by Crippen LogP contribution is -2.14. The molecule has 0 saturated heterocycles. The van der Waals surface area contributed by atoms with Crippen molar-refractivity contribution in [3.63, 3.8) is 0 Å². The zero-order valence-corrected chi connectivity index (χ0v) is 16.8. The molecule has 0 N–H and O–H groups in total. The summed E-state index contributed by atoms with van der Waals surface area (Å²) in [4.78, 5) is 13.3. The van der Waals surface area contributed by atoms with E-state index < -0.39 is 0 Å². The van der Waals surface area contributed by atoms with Crippen LogP contribution in [0.25, 0.3) is 0 Å². The molecule has 0 heterocycles. The minimum atomic E-state index is -0.265. The summed E-state index contributed by atoms with van der Waals surface area (Å²) in [6.07, 6.45) is 14.5. The first kappa shape index (κ1) is 21.5. The van der Waals surface area contributed by atoms with E-state index in [2.05, 4.69) is 13.0 Å². The highest BCUT2D eigenvalue weighted by Crippen LogP contribution is 2.32. The van der Waals surface area contributed by atoms with E-state index in [1.165, 1.54) is 76.7 Å². The summed E-state index contributed by atoms with van der Waals surface area (Å²) < 4.78 is 5.37. The topological polar surface area (TPSA) is 29.5 Å². The van der Waals surface area contributed by atoms with Crippen molar-refractivity contribution in [2.75, 3.05) is 19.0 Å². The smallest absolute Gasteiger partial charge is 0.308 e. The molecule has 0 bridgehead atoms. The Kier molecular flexibility index (Phi) is 11.0. The zero-order valence-electron chi connectivity index (χ0n) is 16.8. The van der Waals surface area contributed by atoms with Crippen molar-refractivity contribution < 1.29 is 9.53 Å². The maximum absolute atomic E-state index is 11.3. The molecule has 3 heteroatoms. The third-order valence-electron chi connectivity index (χ3n) is 4.58. The number of unbranched alkanes of at least 4 members (excludes halogenated alkanes) is 9. The highest BCUT2D eigenvalue weighted by molar-refractivity contribution is 5.74. The molecule has 1 aromatic rings. The van der Waals surface area contributed by atoms with Gasteiger partial charge >= 0.3 is 5.97 Å². The van der Waals surface area contributed by atoms with Gasteiger partial charge in [0, 0.05) is 21.0 Å². The summed E-state index contributed by atoms with van der Waals surface area (Å²) in [6, 6.07) is 6.01. The van der Waals surface area contributed by atoms with Crippen LogP contribution in [0.2, 0.25) is 0 Å². The number of ether oxygens (including phenoxy) is 1. The number of para-hydroxylation sites is 1. The summed E-state index contributed by atoms with van der Waals surface area (Å²) >= 11 is 0. The quantitative estimate of drug-likeness (QED) is 0.244. The number of esters is 1. The van der Waals surface area contributed by atoms with Gasteiger partial charge in [-0.05, 0) is 24.5 Å². The van der Waals surface area contributed by atoms with Crippen LogP contribution in [0, 0.1) is 0 Å². The van der Waals surface area contributed by atoms with Crippen LogP contribution in [-0.4, -0.2) is 20.1 Å². The standard InChI is InChI=1S/C22H37NO2/c1-5-6-7-8-9-10-11-12-13-14-16-20-17-15-18-21(25-19(2)24)22(20)23(3)4/h15,17-18H,5-14,16H2,1-4H3.